The van der Waals surface area contributed by atoms with Crippen LogP contribution in [0.15, 0.2) is 0 Å². The van der Waals surface area contributed by atoms with Gasteiger partial charge in [-0.3, -0.25) is 4.79 Å². The van der Waals surface area contributed by atoms with E-state index in [9.17, 15) is 23.1 Å². The maximum atomic E-state index is 12.0. The van der Waals surface area contributed by atoms with E-state index in [-0.39, 0.29) is 19.4 Å². The molecule has 0 aliphatic carbocycles. The summed E-state index contributed by atoms with van der Waals surface area (Å²) in [7, 11) is 0. The van der Waals surface area contributed by atoms with Crippen LogP contribution in [0.25, 0.3) is 0 Å². The molecule has 0 aliphatic heterocycles. The fraction of sp³-hybridized carbons (Fsp3) is 0.923. The number of carboxylic acids is 1. The Kier molecular flexibility index (Phi) is 8.12. The van der Waals surface area contributed by atoms with Gasteiger partial charge < -0.3 is 15.2 Å². The number of carbonyl (C=O) groups is 1. The monoisotopic (exact) mass is 299 g/mol. The first-order valence-electron chi connectivity index (χ1n) is 6.77. The van der Waals surface area contributed by atoms with Gasteiger partial charge in [0.2, 0.25) is 0 Å². The number of carboxylic acid groups (broad SMARTS) is 1. The summed E-state index contributed by atoms with van der Waals surface area (Å²) < 4.78 is 41.1. The van der Waals surface area contributed by atoms with Gasteiger partial charge in [0.05, 0.1) is 6.10 Å². The van der Waals surface area contributed by atoms with Crippen molar-refractivity contribution in [3.05, 3.63) is 0 Å². The highest BCUT2D eigenvalue weighted by molar-refractivity contribution is 5.78. The van der Waals surface area contributed by atoms with Gasteiger partial charge >= 0.3 is 12.1 Å². The number of hydrogen-bond donors (Lipinski definition) is 2. The van der Waals surface area contributed by atoms with Gasteiger partial charge in [0.15, 0.2) is 0 Å². The molecule has 2 N–H and O–H groups in total. The minimum Gasteiger partial charge on any atom is -0.480 e. The molecule has 0 amide bonds. The van der Waals surface area contributed by atoms with Crippen LogP contribution in [0.5, 0.6) is 0 Å². The molecule has 2 atom stereocenters. The molecule has 0 aromatic rings. The van der Waals surface area contributed by atoms with Crippen LogP contribution in [0, 0.1) is 0 Å². The second-order valence-electron chi connectivity index (χ2n) is 5.17. The van der Waals surface area contributed by atoms with E-state index in [2.05, 4.69) is 5.32 Å². The number of halogens is 3. The number of aliphatic carboxylic acids is 1. The Bertz CT molecular complexity index is 297. The third kappa shape index (κ3) is 8.37. The first-order valence-corrected chi connectivity index (χ1v) is 6.77. The van der Waals surface area contributed by atoms with E-state index in [0.29, 0.717) is 6.54 Å². The largest absolute Gasteiger partial charge is 0.480 e. The van der Waals surface area contributed by atoms with Crippen LogP contribution in [0.1, 0.15) is 46.5 Å². The minimum atomic E-state index is -4.18. The average molecular weight is 299 g/mol. The van der Waals surface area contributed by atoms with Gasteiger partial charge in [-0.05, 0) is 33.2 Å². The molecule has 0 bridgehead atoms. The molecular weight excluding hydrogens is 275 g/mol. The highest BCUT2D eigenvalue weighted by atomic mass is 19.4. The third-order valence-electron chi connectivity index (χ3n) is 2.94. The van der Waals surface area contributed by atoms with E-state index in [4.69, 9.17) is 4.74 Å². The molecule has 0 saturated heterocycles. The van der Waals surface area contributed by atoms with E-state index in [1.165, 1.54) is 0 Å². The van der Waals surface area contributed by atoms with Gasteiger partial charge in [-0.2, -0.15) is 13.2 Å². The second-order valence-corrected chi connectivity index (χ2v) is 5.17. The Morgan fingerprint density at radius 2 is 2.00 bits per heavy atom. The number of nitrogens with one attached hydrogen (secondary N) is 1. The highest BCUT2D eigenvalue weighted by Crippen LogP contribution is 2.22. The van der Waals surface area contributed by atoms with Crippen LogP contribution in [0.4, 0.5) is 13.2 Å². The summed E-state index contributed by atoms with van der Waals surface area (Å²) >= 11 is 0. The lowest BCUT2D eigenvalue weighted by molar-refractivity contribution is -0.146. The van der Waals surface area contributed by atoms with Crippen LogP contribution >= 0.6 is 0 Å². The van der Waals surface area contributed by atoms with Gasteiger partial charge in [0.1, 0.15) is 5.54 Å². The van der Waals surface area contributed by atoms with Crippen LogP contribution in [0.3, 0.4) is 0 Å². The van der Waals surface area contributed by atoms with Crippen molar-refractivity contribution in [2.45, 2.75) is 64.3 Å². The van der Waals surface area contributed by atoms with Crippen molar-refractivity contribution in [2.24, 2.45) is 0 Å². The number of alkyl halides is 3. The summed E-state index contributed by atoms with van der Waals surface area (Å²) in [4.78, 5) is 11.3. The van der Waals surface area contributed by atoms with Crippen molar-refractivity contribution in [3.8, 4) is 0 Å². The van der Waals surface area contributed by atoms with Crippen LogP contribution in [0.2, 0.25) is 0 Å². The summed E-state index contributed by atoms with van der Waals surface area (Å²) in [6, 6.07) is 0. The van der Waals surface area contributed by atoms with Gasteiger partial charge in [0.25, 0.3) is 0 Å². The lowest BCUT2D eigenvalue weighted by atomic mass is 9.94. The Hall–Kier alpha value is -0.820. The molecule has 0 aromatic carbocycles. The molecule has 0 heterocycles. The topological polar surface area (TPSA) is 58.6 Å². The number of ether oxygens (including phenoxy) is 1. The fourth-order valence-corrected chi connectivity index (χ4v) is 1.83. The average Bonchev–Trinajstić information content (AvgIpc) is 2.31. The van der Waals surface area contributed by atoms with Crippen molar-refractivity contribution in [1.82, 2.24) is 5.32 Å². The van der Waals surface area contributed by atoms with E-state index >= 15 is 0 Å². The Labute approximate surface area is 117 Å². The predicted molar refractivity (Wildman–Crippen MR) is 69.7 cm³/mol. The zero-order chi connectivity index (χ0) is 15.8. The standard InChI is InChI=1S/C13H24F3NO3/c1-4-7-17-12(3,11(18)19)9-10(2)20-8-5-6-13(14,15)16/h10,17H,4-9H2,1-3H3,(H,18,19). The lowest BCUT2D eigenvalue weighted by Crippen LogP contribution is -2.51. The molecule has 20 heavy (non-hydrogen) atoms. The first-order chi connectivity index (χ1) is 9.10. The summed E-state index contributed by atoms with van der Waals surface area (Å²) in [6.07, 6.45) is -4.60. The number of hydrogen-bond acceptors (Lipinski definition) is 3. The molecule has 0 saturated carbocycles. The lowest BCUT2D eigenvalue weighted by Gasteiger charge is -2.29. The van der Waals surface area contributed by atoms with Crippen LogP contribution < -0.4 is 5.32 Å². The normalized spacial score (nSPS) is 16.7. The summed E-state index contributed by atoms with van der Waals surface area (Å²) in [5.41, 5.74) is -1.13. The molecule has 0 aromatic heterocycles. The van der Waals surface area contributed by atoms with Gasteiger partial charge in [-0.1, -0.05) is 6.92 Å². The predicted octanol–water partition coefficient (Wildman–Crippen LogP) is 2.97. The Morgan fingerprint density at radius 1 is 1.40 bits per heavy atom. The van der Waals surface area contributed by atoms with Crippen LogP contribution in [-0.4, -0.2) is 42.0 Å². The zero-order valence-electron chi connectivity index (χ0n) is 12.2. The molecule has 0 spiro atoms. The summed E-state index contributed by atoms with van der Waals surface area (Å²) in [6.45, 7) is 5.68. The van der Waals surface area contributed by atoms with Crippen molar-refractivity contribution in [3.63, 3.8) is 0 Å². The first kappa shape index (κ1) is 19.2. The van der Waals surface area contributed by atoms with Crippen molar-refractivity contribution in [2.75, 3.05) is 13.2 Å². The van der Waals surface area contributed by atoms with Gasteiger partial charge in [0, 0.05) is 19.4 Å². The minimum absolute atomic E-state index is 0.0237. The van der Waals surface area contributed by atoms with Gasteiger partial charge in [-0.25, -0.2) is 0 Å². The van der Waals surface area contributed by atoms with E-state index in [0.717, 1.165) is 6.42 Å². The van der Waals surface area contributed by atoms with E-state index < -0.39 is 30.2 Å². The maximum absolute atomic E-state index is 12.0. The Balaban J connectivity index is 4.14. The molecule has 0 radical (unpaired) electrons. The van der Waals surface area contributed by atoms with Crippen molar-refractivity contribution >= 4 is 5.97 Å². The zero-order valence-corrected chi connectivity index (χ0v) is 12.2. The molecule has 120 valence electrons. The molecule has 2 unspecified atom stereocenters. The van der Waals surface area contributed by atoms with Crippen molar-refractivity contribution < 1.29 is 27.8 Å². The fourth-order valence-electron chi connectivity index (χ4n) is 1.83. The van der Waals surface area contributed by atoms with E-state index in [1.54, 1.807) is 13.8 Å². The van der Waals surface area contributed by atoms with Gasteiger partial charge in [-0.15, -0.1) is 0 Å². The summed E-state index contributed by atoms with van der Waals surface area (Å²) in [5, 5.41) is 12.2. The smallest absolute Gasteiger partial charge is 0.389 e. The summed E-state index contributed by atoms with van der Waals surface area (Å²) in [5.74, 6) is -0.989. The van der Waals surface area contributed by atoms with Crippen molar-refractivity contribution in [1.29, 1.82) is 0 Å². The molecule has 0 aliphatic rings. The van der Waals surface area contributed by atoms with E-state index in [1.807, 2.05) is 6.92 Å². The SMILES string of the molecule is CCCNC(C)(CC(C)OCCCC(F)(F)F)C(=O)O. The Morgan fingerprint density at radius 3 is 2.45 bits per heavy atom. The molecule has 0 rings (SSSR count). The maximum Gasteiger partial charge on any atom is 0.389 e. The molecular formula is C13H24F3NO3. The third-order valence-corrected chi connectivity index (χ3v) is 2.94. The molecule has 0 fully saturated rings. The quantitative estimate of drug-likeness (QED) is 0.609. The van der Waals surface area contributed by atoms with Crippen LogP contribution in [-0.2, 0) is 9.53 Å². The number of rotatable bonds is 10. The molecule has 7 heteroatoms. The molecule has 4 nitrogen and oxygen atoms in total. The highest BCUT2D eigenvalue weighted by Gasteiger charge is 2.34. The second kappa shape index (κ2) is 8.46.